The number of aryl methyl sites for hydroxylation is 1. The van der Waals surface area contributed by atoms with E-state index in [4.69, 9.17) is 0 Å². The molecule has 1 aliphatic heterocycles. The van der Waals surface area contributed by atoms with E-state index in [0.29, 0.717) is 4.90 Å². The van der Waals surface area contributed by atoms with E-state index in [1.165, 1.54) is 11.3 Å². The highest BCUT2D eigenvalue weighted by molar-refractivity contribution is 7.89. The topological polar surface area (TPSA) is 71.1 Å². The fourth-order valence-electron chi connectivity index (χ4n) is 2.20. The van der Waals surface area contributed by atoms with Gasteiger partial charge in [0.1, 0.15) is 5.01 Å². The second-order valence-electron chi connectivity index (χ2n) is 4.60. The monoisotopic (exact) mass is 309 g/mol. The number of anilines is 1. The van der Waals surface area contributed by atoms with Crippen LogP contribution in [0.3, 0.4) is 0 Å². The highest BCUT2D eigenvalue weighted by atomic mass is 32.2. The average molecular weight is 309 g/mol. The summed E-state index contributed by atoms with van der Waals surface area (Å²) in [6.45, 7) is 1.18. The van der Waals surface area contributed by atoms with Gasteiger partial charge in [-0.3, -0.25) is 0 Å². The summed E-state index contributed by atoms with van der Waals surface area (Å²) in [5.41, 5.74) is 2.10. The number of fused-ring (bicyclic) bond motifs is 1. The molecule has 0 amide bonds. The molecule has 2 N–H and O–H groups in total. The van der Waals surface area contributed by atoms with Crippen molar-refractivity contribution in [3.63, 3.8) is 0 Å². The second kappa shape index (κ2) is 5.51. The third kappa shape index (κ3) is 2.84. The van der Waals surface area contributed by atoms with Crippen molar-refractivity contribution in [2.45, 2.75) is 24.3 Å². The minimum atomic E-state index is -3.48. The van der Waals surface area contributed by atoms with Crippen LogP contribution in [0.2, 0.25) is 0 Å². The normalized spacial score (nSPS) is 14.6. The number of nitrogens with zero attached hydrogens (tertiary/aromatic N) is 1. The lowest BCUT2D eigenvalue weighted by molar-refractivity contribution is 0.581. The van der Waals surface area contributed by atoms with Crippen LogP contribution in [-0.2, 0) is 23.0 Å². The van der Waals surface area contributed by atoms with Gasteiger partial charge in [0.05, 0.1) is 11.4 Å². The zero-order valence-electron chi connectivity index (χ0n) is 10.8. The Morgan fingerprint density at radius 1 is 1.40 bits per heavy atom. The van der Waals surface area contributed by atoms with Gasteiger partial charge in [-0.2, -0.15) is 0 Å². The summed E-state index contributed by atoms with van der Waals surface area (Å²) in [6.07, 6.45) is 3.61. The Kier molecular flexibility index (Phi) is 3.73. The fourth-order valence-corrected chi connectivity index (χ4v) is 3.88. The molecule has 0 saturated carbocycles. The summed E-state index contributed by atoms with van der Waals surface area (Å²) < 4.78 is 27.1. The quantitative estimate of drug-likeness (QED) is 0.906. The highest BCUT2D eigenvalue weighted by Gasteiger charge is 2.17. The minimum Gasteiger partial charge on any atom is -0.385 e. The molecule has 0 saturated heterocycles. The number of nitrogens with one attached hydrogen (secondary N) is 2. The number of benzene rings is 1. The molecule has 1 aromatic heterocycles. The maximum atomic E-state index is 12.3. The molecule has 0 atom stereocenters. The molecule has 3 rings (SSSR count). The van der Waals surface area contributed by atoms with Gasteiger partial charge in [0.2, 0.25) is 10.0 Å². The van der Waals surface area contributed by atoms with Crippen molar-refractivity contribution in [3.05, 3.63) is 40.3 Å². The van der Waals surface area contributed by atoms with Gasteiger partial charge in [-0.15, -0.1) is 11.3 Å². The molecular formula is C13H15N3O2S2. The van der Waals surface area contributed by atoms with Crippen LogP contribution in [0.4, 0.5) is 5.69 Å². The zero-order valence-corrected chi connectivity index (χ0v) is 12.4. The smallest absolute Gasteiger partial charge is 0.240 e. The fraction of sp³-hybridized carbons (Fsp3) is 0.308. The molecular weight excluding hydrogens is 294 g/mol. The lowest BCUT2D eigenvalue weighted by Gasteiger charge is -2.18. The zero-order chi connectivity index (χ0) is 14.0. The first-order valence-electron chi connectivity index (χ1n) is 6.40. The van der Waals surface area contributed by atoms with Gasteiger partial charge in [0.15, 0.2) is 0 Å². The maximum absolute atomic E-state index is 12.3. The second-order valence-corrected chi connectivity index (χ2v) is 7.35. The highest BCUT2D eigenvalue weighted by Crippen LogP contribution is 2.24. The van der Waals surface area contributed by atoms with Crippen LogP contribution >= 0.6 is 11.3 Å². The first-order chi connectivity index (χ1) is 9.65. The molecule has 20 heavy (non-hydrogen) atoms. The van der Waals surface area contributed by atoms with Crippen molar-refractivity contribution in [1.29, 1.82) is 0 Å². The summed E-state index contributed by atoms with van der Waals surface area (Å²) >= 11 is 1.43. The van der Waals surface area contributed by atoms with E-state index in [9.17, 15) is 8.42 Å². The SMILES string of the molecule is O=S(=O)(NCc1nccs1)c1ccc2c(c1)CCCN2. The summed E-state index contributed by atoms with van der Waals surface area (Å²) in [5.74, 6) is 0. The maximum Gasteiger partial charge on any atom is 0.240 e. The molecule has 0 aliphatic carbocycles. The number of hydrogen-bond acceptors (Lipinski definition) is 5. The standard InChI is InChI=1S/C13H15N3O2S2/c17-20(18,16-9-13-15-6-7-19-13)11-3-4-12-10(8-11)2-1-5-14-12/h3-4,6-8,14,16H,1-2,5,9H2. The van der Waals surface area contributed by atoms with E-state index < -0.39 is 10.0 Å². The van der Waals surface area contributed by atoms with Gasteiger partial charge in [0.25, 0.3) is 0 Å². The Morgan fingerprint density at radius 2 is 2.30 bits per heavy atom. The lowest BCUT2D eigenvalue weighted by atomic mass is 10.0. The van der Waals surface area contributed by atoms with Gasteiger partial charge in [-0.25, -0.2) is 18.1 Å². The number of rotatable bonds is 4. The average Bonchev–Trinajstić information content (AvgIpc) is 2.98. The van der Waals surface area contributed by atoms with Gasteiger partial charge in [-0.05, 0) is 36.6 Å². The molecule has 0 radical (unpaired) electrons. The van der Waals surface area contributed by atoms with Crippen LogP contribution in [-0.4, -0.2) is 19.9 Å². The van der Waals surface area contributed by atoms with Crippen molar-refractivity contribution in [1.82, 2.24) is 9.71 Å². The predicted octanol–water partition coefficient (Wildman–Crippen LogP) is 1.98. The Labute approximate surface area is 122 Å². The molecule has 0 spiro atoms. The van der Waals surface area contributed by atoms with E-state index in [1.807, 2.05) is 11.4 Å². The van der Waals surface area contributed by atoms with Crippen molar-refractivity contribution < 1.29 is 8.42 Å². The Balaban J connectivity index is 1.80. The van der Waals surface area contributed by atoms with Crippen LogP contribution in [0, 0.1) is 0 Å². The van der Waals surface area contributed by atoms with Crippen LogP contribution in [0.1, 0.15) is 17.0 Å². The number of sulfonamides is 1. The molecule has 1 aliphatic rings. The molecule has 0 fully saturated rings. The molecule has 5 nitrogen and oxygen atoms in total. The van der Waals surface area contributed by atoms with Gasteiger partial charge < -0.3 is 5.32 Å². The van der Waals surface area contributed by atoms with E-state index in [0.717, 1.165) is 35.6 Å². The third-order valence-electron chi connectivity index (χ3n) is 3.22. The van der Waals surface area contributed by atoms with Gasteiger partial charge >= 0.3 is 0 Å². The molecule has 1 aromatic carbocycles. The molecule has 7 heteroatoms. The Morgan fingerprint density at radius 3 is 3.10 bits per heavy atom. The number of hydrogen-bond donors (Lipinski definition) is 2. The largest absolute Gasteiger partial charge is 0.385 e. The van der Waals surface area contributed by atoms with Crippen molar-refractivity contribution in [2.24, 2.45) is 0 Å². The molecule has 2 heterocycles. The third-order valence-corrected chi connectivity index (χ3v) is 5.40. The van der Waals surface area contributed by atoms with Crippen LogP contribution in [0.15, 0.2) is 34.7 Å². The minimum absolute atomic E-state index is 0.231. The lowest BCUT2D eigenvalue weighted by Crippen LogP contribution is -2.23. The van der Waals surface area contributed by atoms with Gasteiger partial charge in [-0.1, -0.05) is 0 Å². The summed E-state index contributed by atoms with van der Waals surface area (Å²) in [4.78, 5) is 4.38. The van der Waals surface area contributed by atoms with E-state index in [-0.39, 0.29) is 6.54 Å². The van der Waals surface area contributed by atoms with Crippen molar-refractivity contribution in [2.75, 3.05) is 11.9 Å². The molecule has 0 unspecified atom stereocenters. The van der Waals surface area contributed by atoms with Crippen molar-refractivity contribution >= 4 is 27.0 Å². The van der Waals surface area contributed by atoms with Crippen LogP contribution in [0.5, 0.6) is 0 Å². The summed E-state index contributed by atoms with van der Waals surface area (Å²) in [5, 5.41) is 5.86. The number of aromatic nitrogens is 1. The molecule has 2 aromatic rings. The van der Waals surface area contributed by atoms with E-state index in [2.05, 4.69) is 15.0 Å². The molecule has 106 valence electrons. The Bertz CT molecular complexity index is 696. The molecule has 0 bridgehead atoms. The van der Waals surface area contributed by atoms with Gasteiger partial charge in [0, 0.05) is 23.8 Å². The first-order valence-corrected chi connectivity index (χ1v) is 8.76. The first kappa shape index (κ1) is 13.5. The summed E-state index contributed by atoms with van der Waals surface area (Å²) in [6, 6.07) is 5.24. The van der Waals surface area contributed by atoms with E-state index in [1.54, 1.807) is 18.3 Å². The van der Waals surface area contributed by atoms with Crippen LogP contribution < -0.4 is 10.0 Å². The van der Waals surface area contributed by atoms with Crippen molar-refractivity contribution in [3.8, 4) is 0 Å². The van der Waals surface area contributed by atoms with E-state index >= 15 is 0 Å². The van der Waals surface area contributed by atoms with Crippen LogP contribution in [0.25, 0.3) is 0 Å². The summed E-state index contributed by atoms with van der Waals surface area (Å²) in [7, 11) is -3.48. The number of thiazole rings is 1. The Hall–Kier alpha value is -1.44. The predicted molar refractivity (Wildman–Crippen MR) is 79.4 cm³/mol.